The van der Waals surface area contributed by atoms with E-state index in [9.17, 15) is 14.5 Å². The molecule has 0 aliphatic rings. The summed E-state index contributed by atoms with van der Waals surface area (Å²) in [4.78, 5) is 28.5. The molecule has 0 aromatic heterocycles. The van der Waals surface area contributed by atoms with Crippen LogP contribution in [0.3, 0.4) is 0 Å². The Labute approximate surface area is 103 Å². The van der Waals surface area contributed by atoms with Crippen LogP contribution >= 0.6 is 7.60 Å². The van der Waals surface area contributed by atoms with Gasteiger partial charge < -0.3 is 14.9 Å². The van der Waals surface area contributed by atoms with Crippen LogP contribution in [0.25, 0.3) is 10.8 Å². The monoisotopic (exact) mass is 266 g/mol. The van der Waals surface area contributed by atoms with E-state index in [2.05, 4.69) is 0 Å². The van der Waals surface area contributed by atoms with E-state index in [0.717, 1.165) is 0 Å². The Morgan fingerprint density at radius 3 is 2.50 bits per heavy atom. The number of hydrogen-bond donors (Lipinski definition) is 3. The molecule has 0 amide bonds. The number of phenols is 1. The minimum Gasteiger partial charge on any atom is -0.507 e. The topological polar surface area (TPSA) is 94.8 Å². The lowest BCUT2D eigenvalue weighted by Gasteiger charge is -2.07. The average Bonchev–Trinajstić information content (AvgIpc) is 2.27. The molecule has 0 saturated heterocycles. The molecular formula is C12H11O5P. The first-order chi connectivity index (χ1) is 8.40. The fraction of sp³-hybridized carbons (Fsp3) is 0.0833. The molecule has 0 unspecified atom stereocenters. The van der Waals surface area contributed by atoms with E-state index in [0.29, 0.717) is 22.6 Å². The predicted octanol–water partition coefficient (Wildman–Crippen LogP) is 2.04. The summed E-state index contributed by atoms with van der Waals surface area (Å²) in [7, 11) is -4.11. The van der Waals surface area contributed by atoms with Gasteiger partial charge in [0, 0.05) is 5.39 Å². The maximum absolute atomic E-state index is 10.9. The second-order valence-corrected chi connectivity index (χ2v) is 5.65. The number of carbonyl (C=O) groups is 1. The van der Waals surface area contributed by atoms with Crippen LogP contribution in [0.4, 0.5) is 0 Å². The molecule has 0 heterocycles. The first-order valence-electron chi connectivity index (χ1n) is 5.15. The molecule has 5 nitrogen and oxygen atoms in total. The van der Waals surface area contributed by atoms with E-state index in [1.54, 1.807) is 18.2 Å². The van der Waals surface area contributed by atoms with Crippen molar-refractivity contribution in [2.75, 3.05) is 0 Å². The van der Waals surface area contributed by atoms with Gasteiger partial charge in [-0.1, -0.05) is 24.3 Å². The van der Waals surface area contributed by atoms with Gasteiger partial charge in [0.25, 0.3) is 0 Å². The Morgan fingerprint density at radius 1 is 1.17 bits per heavy atom. The van der Waals surface area contributed by atoms with Gasteiger partial charge in [-0.2, -0.15) is 0 Å². The summed E-state index contributed by atoms with van der Waals surface area (Å²) >= 11 is 0. The highest BCUT2D eigenvalue weighted by atomic mass is 31.2. The van der Waals surface area contributed by atoms with E-state index >= 15 is 0 Å². The maximum atomic E-state index is 10.9. The zero-order chi connectivity index (χ0) is 13.3. The van der Waals surface area contributed by atoms with Crippen LogP contribution in [0.15, 0.2) is 30.3 Å². The third-order valence-corrected chi connectivity index (χ3v) is 3.38. The van der Waals surface area contributed by atoms with Gasteiger partial charge in [-0.15, -0.1) is 0 Å². The fourth-order valence-electron chi connectivity index (χ4n) is 1.81. The molecule has 0 aliphatic heterocycles. The SMILES string of the molecule is O=Cc1ccc2cc(CP(=O)(O)O)ccc2c1O. The quantitative estimate of drug-likeness (QED) is 0.583. The Kier molecular flexibility index (Phi) is 3.22. The molecule has 3 N–H and O–H groups in total. The summed E-state index contributed by atoms with van der Waals surface area (Å²) < 4.78 is 10.9. The number of aldehydes is 1. The summed E-state index contributed by atoms with van der Waals surface area (Å²) in [5, 5.41) is 10.9. The van der Waals surface area contributed by atoms with Gasteiger partial charge in [0.05, 0.1) is 11.7 Å². The lowest BCUT2D eigenvalue weighted by molar-refractivity contribution is 0.112. The zero-order valence-electron chi connectivity index (χ0n) is 9.28. The average molecular weight is 266 g/mol. The van der Waals surface area contributed by atoms with Crippen molar-refractivity contribution in [3.8, 4) is 5.75 Å². The summed E-state index contributed by atoms with van der Waals surface area (Å²) in [6.07, 6.45) is 0.206. The fourth-order valence-corrected chi connectivity index (χ4v) is 2.48. The normalized spacial score (nSPS) is 11.7. The molecule has 0 atom stereocenters. The van der Waals surface area contributed by atoms with Crippen LogP contribution in [0, 0.1) is 0 Å². The lowest BCUT2D eigenvalue weighted by atomic mass is 10.0. The van der Waals surface area contributed by atoms with Crippen molar-refractivity contribution in [1.29, 1.82) is 0 Å². The van der Waals surface area contributed by atoms with Crippen LogP contribution in [0.5, 0.6) is 5.75 Å². The van der Waals surface area contributed by atoms with Crippen LogP contribution in [0.1, 0.15) is 15.9 Å². The van der Waals surface area contributed by atoms with Gasteiger partial charge in [0.1, 0.15) is 5.75 Å². The molecule has 0 aliphatic carbocycles. The van der Waals surface area contributed by atoms with Gasteiger partial charge in [0.2, 0.25) is 0 Å². The summed E-state index contributed by atoms with van der Waals surface area (Å²) in [5.74, 6) is -0.120. The molecule has 94 valence electrons. The second-order valence-electron chi connectivity index (χ2n) is 4.00. The van der Waals surface area contributed by atoms with Crippen molar-refractivity contribution < 1.29 is 24.3 Å². The van der Waals surface area contributed by atoms with E-state index in [1.165, 1.54) is 12.1 Å². The number of phenolic OH excluding ortho intramolecular Hbond substituents is 1. The van der Waals surface area contributed by atoms with Gasteiger partial charge in [-0.25, -0.2) is 0 Å². The van der Waals surface area contributed by atoms with Crippen molar-refractivity contribution in [2.45, 2.75) is 6.16 Å². The van der Waals surface area contributed by atoms with Crippen molar-refractivity contribution in [2.24, 2.45) is 0 Å². The molecule has 2 rings (SSSR count). The Balaban J connectivity index is 2.54. The number of carbonyl (C=O) groups excluding carboxylic acids is 1. The maximum Gasteiger partial charge on any atom is 0.329 e. The van der Waals surface area contributed by atoms with Crippen molar-refractivity contribution in [3.05, 3.63) is 41.5 Å². The van der Waals surface area contributed by atoms with E-state index in [1.807, 2.05) is 0 Å². The highest BCUT2D eigenvalue weighted by Gasteiger charge is 2.14. The van der Waals surface area contributed by atoms with Crippen molar-refractivity contribution in [3.63, 3.8) is 0 Å². The third kappa shape index (κ3) is 2.59. The zero-order valence-corrected chi connectivity index (χ0v) is 10.2. The highest BCUT2D eigenvalue weighted by Crippen LogP contribution is 2.40. The number of benzene rings is 2. The summed E-state index contributed by atoms with van der Waals surface area (Å²) in [6, 6.07) is 7.75. The Hall–Kier alpha value is -1.68. The smallest absolute Gasteiger partial charge is 0.329 e. The van der Waals surface area contributed by atoms with Gasteiger partial charge in [-0.3, -0.25) is 9.36 Å². The molecule has 0 saturated carbocycles. The molecule has 6 heteroatoms. The molecule has 0 radical (unpaired) electrons. The Morgan fingerprint density at radius 2 is 1.89 bits per heavy atom. The molecule has 18 heavy (non-hydrogen) atoms. The van der Waals surface area contributed by atoms with Gasteiger partial charge >= 0.3 is 7.60 Å². The molecule has 2 aromatic carbocycles. The molecule has 0 fully saturated rings. The van der Waals surface area contributed by atoms with Crippen LogP contribution < -0.4 is 0 Å². The van der Waals surface area contributed by atoms with Crippen molar-refractivity contribution >= 4 is 24.7 Å². The van der Waals surface area contributed by atoms with Crippen LogP contribution in [-0.2, 0) is 10.7 Å². The van der Waals surface area contributed by atoms with Gasteiger partial charge in [-0.05, 0) is 17.0 Å². The van der Waals surface area contributed by atoms with Crippen LogP contribution in [0.2, 0.25) is 0 Å². The third-order valence-electron chi connectivity index (χ3n) is 2.60. The highest BCUT2D eigenvalue weighted by molar-refractivity contribution is 7.50. The minimum absolute atomic E-state index is 0.120. The molecule has 0 spiro atoms. The minimum atomic E-state index is -4.11. The number of aromatic hydroxyl groups is 1. The van der Waals surface area contributed by atoms with E-state index in [4.69, 9.17) is 9.79 Å². The van der Waals surface area contributed by atoms with Gasteiger partial charge in [0.15, 0.2) is 6.29 Å². The molecule has 0 bridgehead atoms. The van der Waals surface area contributed by atoms with E-state index < -0.39 is 7.60 Å². The first kappa shape index (κ1) is 12.8. The van der Waals surface area contributed by atoms with Crippen LogP contribution in [-0.4, -0.2) is 21.2 Å². The summed E-state index contributed by atoms with van der Waals surface area (Å²) in [5.41, 5.74) is 0.666. The first-order valence-corrected chi connectivity index (χ1v) is 6.95. The Bertz CT molecular complexity index is 659. The number of rotatable bonds is 3. The number of fused-ring (bicyclic) bond motifs is 1. The molecule has 2 aromatic rings. The largest absolute Gasteiger partial charge is 0.507 e. The standard InChI is InChI=1S/C12H11O5P/c13-6-10-3-2-9-5-8(7-18(15,16)17)1-4-11(9)12(10)14/h1-6,14H,7H2,(H2,15,16,17). The van der Waals surface area contributed by atoms with E-state index in [-0.39, 0.29) is 17.5 Å². The summed E-state index contributed by atoms with van der Waals surface area (Å²) in [6.45, 7) is 0. The lowest BCUT2D eigenvalue weighted by Crippen LogP contribution is -1.88. The second kappa shape index (κ2) is 4.53. The van der Waals surface area contributed by atoms with Crippen molar-refractivity contribution in [1.82, 2.24) is 0 Å². The predicted molar refractivity (Wildman–Crippen MR) is 66.7 cm³/mol. The number of hydrogen-bond acceptors (Lipinski definition) is 3. The molecular weight excluding hydrogens is 255 g/mol.